The summed E-state index contributed by atoms with van der Waals surface area (Å²) in [6, 6.07) is 7.70. The number of aromatic nitrogens is 1. The highest BCUT2D eigenvalue weighted by atomic mass is 32.1. The van der Waals surface area contributed by atoms with E-state index in [1.54, 1.807) is 0 Å². The van der Waals surface area contributed by atoms with E-state index in [0.717, 1.165) is 33.0 Å². The van der Waals surface area contributed by atoms with Crippen LogP contribution in [0, 0.1) is 6.92 Å². The van der Waals surface area contributed by atoms with Crippen LogP contribution in [0.5, 0.6) is 0 Å². The Balaban J connectivity index is 2.50. The van der Waals surface area contributed by atoms with Gasteiger partial charge in [-0.15, -0.1) is 11.3 Å². The van der Waals surface area contributed by atoms with Gasteiger partial charge in [-0.3, -0.25) is 9.78 Å². The summed E-state index contributed by atoms with van der Waals surface area (Å²) < 4.78 is 0. The van der Waals surface area contributed by atoms with Crippen molar-refractivity contribution in [2.75, 3.05) is 0 Å². The van der Waals surface area contributed by atoms with Crippen LogP contribution in [-0.4, -0.2) is 11.3 Å². The molecule has 0 fully saturated rings. The maximum atomic E-state index is 10.6. The number of thiophene rings is 1. The summed E-state index contributed by atoms with van der Waals surface area (Å²) >= 11 is 1.46. The van der Waals surface area contributed by atoms with Gasteiger partial charge in [-0.05, 0) is 31.2 Å². The van der Waals surface area contributed by atoms with E-state index in [4.69, 9.17) is 5.73 Å². The molecule has 0 radical (unpaired) electrons. The molecule has 0 aromatic carbocycles. The Labute approximate surface area is 97.9 Å². The van der Waals surface area contributed by atoms with Gasteiger partial charge in [0.15, 0.2) is 6.29 Å². The number of hydrogen-bond acceptors (Lipinski definition) is 4. The molecule has 0 spiro atoms. The van der Waals surface area contributed by atoms with Gasteiger partial charge in [0.2, 0.25) is 0 Å². The first kappa shape index (κ1) is 11.0. The molecule has 0 aliphatic rings. The number of carbonyl (C=O) groups excluding carboxylic acids is 1. The van der Waals surface area contributed by atoms with Crippen molar-refractivity contribution in [2.45, 2.75) is 13.5 Å². The number of hydrogen-bond donors (Lipinski definition) is 1. The Morgan fingerprint density at radius 2 is 2.19 bits per heavy atom. The third-order valence-electron chi connectivity index (χ3n) is 2.32. The van der Waals surface area contributed by atoms with Crippen molar-refractivity contribution in [3.8, 4) is 10.4 Å². The standard InChI is InChI=1S/C12H12N2OS/c1-8-2-4-10(11(6-13)14-8)12-5-3-9(7-15)16-12/h2-5,7H,6,13H2,1H3. The Kier molecular flexibility index (Phi) is 3.12. The molecular formula is C12H12N2OS. The fourth-order valence-electron chi connectivity index (χ4n) is 1.55. The fraction of sp³-hybridized carbons (Fsp3) is 0.167. The molecule has 0 unspecified atom stereocenters. The van der Waals surface area contributed by atoms with Crippen LogP contribution < -0.4 is 5.73 Å². The SMILES string of the molecule is Cc1ccc(-c2ccc(C=O)s2)c(CN)n1. The lowest BCUT2D eigenvalue weighted by atomic mass is 10.1. The zero-order valence-corrected chi connectivity index (χ0v) is 9.75. The van der Waals surface area contributed by atoms with Gasteiger partial charge in [-0.2, -0.15) is 0 Å². The van der Waals surface area contributed by atoms with Crippen LogP contribution in [0.25, 0.3) is 10.4 Å². The molecule has 16 heavy (non-hydrogen) atoms. The first-order chi connectivity index (χ1) is 7.74. The number of nitrogens with two attached hydrogens (primary N) is 1. The number of carbonyl (C=O) groups is 1. The second-order valence-corrected chi connectivity index (χ2v) is 4.59. The molecule has 82 valence electrons. The molecule has 4 heteroatoms. The highest BCUT2D eigenvalue weighted by molar-refractivity contribution is 7.17. The van der Waals surface area contributed by atoms with Gasteiger partial charge in [-0.25, -0.2) is 0 Å². The highest BCUT2D eigenvalue weighted by Gasteiger charge is 2.08. The van der Waals surface area contributed by atoms with Crippen molar-refractivity contribution in [3.05, 3.63) is 40.5 Å². The minimum Gasteiger partial charge on any atom is -0.325 e. The lowest BCUT2D eigenvalue weighted by Crippen LogP contribution is -2.02. The Morgan fingerprint density at radius 3 is 2.81 bits per heavy atom. The van der Waals surface area contributed by atoms with Gasteiger partial charge >= 0.3 is 0 Å². The summed E-state index contributed by atoms with van der Waals surface area (Å²) in [7, 11) is 0. The minimum atomic E-state index is 0.408. The smallest absolute Gasteiger partial charge is 0.160 e. The molecular weight excluding hydrogens is 220 g/mol. The quantitative estimate of drug-likeness (QED) is 0.827. The molecule has 2 N–H and O–H groups in total. The summed E-state index contributed by atoms with van der Waals surface area (Å²) in [6.07, 6.45) is 0.859. The van der Waals surface area contributed by atoms with Gasteiger partial charge < -0.3 is 5.73 Å². The van der Waals surface area contributed by atoms with Crippen molar-refractivity contribution in [2.24, 2.45) is 5.73 Å². The zero-order valence-electron chi connectivity index (χ0n) is 8.93. The number of aryl methyl sites for hydroxylation is 1. The fourth-order valence-corrected chi connectivity index (χ4v) is 2.42. The predicted molar refractivity (Wildman–Crippen MR) is 65.6 cm³/mol. The largest absolute Gasteiger partial charge is 0.325 e. The Bertz CT molecular complexity index is 519. The first-order valence-electron chi connectivity index (χ1n) is 4.96. The number of rotatable bonds is 3. The van der Waals surface area contributed by atoms with Gasteiger partial charge in [-0.1, -0.05) is 0 Å². The van der Waals surface area contributed by atoms with Gasteiger partial charge in [0.05, 0.1) is 10.6 Å². The molecule has 3 nitrogen and oxygen atoms in total. The molecule has 0 bridgehead atoms. The first-order valence-corrected chi connectivity index (χ1v) is 5.78. The van der Waals surface area contributed by atoms with E-state index < -0.39 is 0 Å². The Morgan fingerprint density at radius 1 is 1.38 bits per heavy atom. The van der Waals surface area contributed by atoms with Crippen LogP contribution in [0.3, 0.4) is 0 Å². The third kappa shape index (κ3) is 2.03. The van der Waals surface area contributed by atoms with Crippen molar-refractivity contribution < 1.29 is 4.79 Å². The number of aldehydes is 1. The van der Waals surface area contributed by atoms with Crippen LogP contribution >= 0.6 is 11.3 Å². The third-order valence-corrected chi connectivity index (χ3v) is 3.36. The normalized spacial score (nSPS) is 10.4. The van der Waals surface area contributed by atoms with Crippen molar-refractivity contribution in [3.63, 3.8) is 0 Å². The second kappa shape index (κ2) is 4.55. The van der Waals surface area contributed by atoms with Crippen molar-refractivity contribution in [1.29, 1.82) is 0 Å². The van der Waals surface area contributed by atoms with E-state index in [0.29, 0.717) is 6.54 Å². The number of nitrogens with zero attached hydrogens (tertiary/aromatic N) is 1. The molecule has 2 aromatic rings. The van der Waals surface area contributed by atoms with E-state index in [1.165, 1.54) is 11.3 Å². The van der Waals surface area contributed by atoms with E-state index >= 15 is 0 Å². The van der Waals surface area contributed by atoms with Gasteiger partial charge in [0, 0.05) is 22.7 Å². The molecule has 2 rings (SSSR count). The summed E-state index contributed by atoms with van der Waals surface area (Å²) in [6.45, 7) is 2.35. The molecule has 2 aromatic heterocycles. The molecule has 0 aliphatic heterocycles. The average Bonchev–Trinajstić information content (AvgIpc) is 2.77. The summed E-state index contributed by atoms with van der Waals surface area (Å²) in [5.41, 5.74) is 8.52. The lowest BCUT2D eigenvalue weighted by Gasteiger charge is -2.05. The van der Waals surface area contributed by atoms with E-state index in [9.17, 15) is 4.79 Å². The van der Waals surface area contributed by atoms with Gasteiger partial charge in [0.1, 0.15) is 0 Å². The minimum absolute atomic E-state index is 0.408. The van der Waals surface area contributed by atoms with Crippen LogP contribution in [0.2, 0.25) is 0 Å². The Hall–Kier alpha value is -1.52. The number of pyridine rings is 1. The van der Waals surface area contributed by atoms with Crippen LogP contribution in [0.15, 0.2) is 24.3 Å². The molecule has 2 heterocycles. The predicted octanol–water partition coefficient (Wildman–Crippen LogP) is 2.39. The van der Waals surface area contributed by atoms with Crippen LogP contribution in [-0.2, 0) is 6.54 Å². The maximum absolute atomic E-state index is 10.6. The van der Waals surface area contributed by atoms with Crippen LogP contribution in [0.4, 0.5) is 0 Å². The molecule has 0 aliphatic carbocycles. The maximum Gasteiger partial charge on any atom is 0.160 e. The summed E-state index contributed by atoms with van der Waals surface area (Å²) in [5, 5.41) is 0. The zero-order chi connectivity index (χ0) is 11.5. The van der Waals surface area contributed by atoms with E-state index in [1.807, 2.05) is 31.2 Å². The molecule has 0 saturated carbocycles. The van der Waals surface area contributed by atoms with E-state index in [-0.39, 0.29) is 0 Å². The van der Waals surface area contributed by atoms with E-state index in [2.05, 4.69) is 4.98 Å². The molecule has 0 amide bonds. The lowest BCUT2D eigenvalue weighted by molar-refractivity contribution is 0.112. The van der Waals surface area contributed by atoms with Gasteiger partial charge in [0.25, 0.3) is 0 Å². The van der Waals surface area contributed by atoms with Crippen molar-refractivity contribution in [1.82, 2.24) is 4.98 Å². The second-order valence-electron chi connectivity index (χ2n) is 3.47. The molecule has 0 saturated heterocycles. The average molecular weight is 232 g/mol. The monoisotopic (exact) mass is 232 g/mol. The van der Waals surface area contributed by atoms with Crippen LogP contribution in [0.1, 0.15) is 21.1 Å². The summed E-state index contributed by atoms with van der Waals surface area (Å²) in [4.78, 5) is 16.8. The molecule has 0 atom stereocenters. The summed E-state index contributed by atoms with van der Waals surface area (Å²) in [5.74, 6) is 0. The van der Waals surface area contributed by atoms with Crippen molar-refractivity contribution >= 4 is 17.6 Å². The topological polar surface area (TPSA) is 56.0 Å². The highest BCUT2D eigenvalue weighted by Crippen LogP contribution is 2.29.